The van der Waals surface area contributed by atoms with E-state index < -0.39 is 5.97 Å². The summed E-state index contributed by atoms with van der Waals surface area (Å²) in [6.07, 6.45) is 4.26. The molecule has 3 atom stereocenters. The Hall–Kier alpha value is -2.56. The van der Waals surface area contributed by atoms with Crippen molar-refractivity contribution in [2.45, 2.75) is 44.6 Å². The van der Waals surface area contributed by atoms with E-state index in [9.17, 15) is 9.59 Å². The van der Waals surface area contributed by atoms with Crippen LogP contribution in [0.1, 0.15) is 48.9 Å². The van der Waals surface area contributed by atoms with Crippen molar-refractivity contribution in [2.75, 3.05) is 79.9 Å². The molecule has 0 aliphatic carbocycles. The lowest BCUT2D eigenvalue weighted by Gasteiger charge is -2.27. The van der Waals surface area contributed by atoms with E-state index in [0.717, 1.165) is 58.5 Å². The third kappa shape index (κ3) is 8.22. The van der Waals surface area contributed by atoms with Gasteiger partial charge < -0.3 is 38.2 Å². The lowest BCUT2D eigenvalue weighted by atomic mass is 10.0. The summed E-state index contributed by atoms with van der Waals surface area (Å²) in [6.45, 7) is 7.79. The first-order chi connectivity index (χ1) is 18.6. The number of esters is 2. The normalized spacial score (nSPS) is 25.8. The summed E-state index contributed by atoms with van der Waals surface area (Å²) in [6, 6.07) is 3.25. The molecule has 0 amide bonds. The number of carbonyl (C=O) groups is 2. The summed E-state index contributed by atoms with van der Waals surface area (Å²) < 4.78 is 33.7. The number of fused-ring (bicyclic) bond motifs is 5. The smallest absolute Gasteiger partial charge is 0.338 e. The molecule has 3 unspecified atom stereocenters. The van der Waals surface area contributed by atoms with Gasteiger partial charge in [0, 0.05) is 32.1 Å². The largest absolute Gasteiger partial charge is 0.493 e. The molecule has 10 nitrogen and oxygen atoms in total. The second kappa shape index (κ2) is 14.6. The molecule has 10 heteroatoms. The molecule has 2 saturated heterocycles. The molecule has 4 bridgehead atoms. The third-order valence-electron chi connectivity index (χ3n) is 7.37. The van der Waals surface area contributed by atoms with E-state index in [1.165, 1.54) is 14.2 Å². The van der Waals surface area contributed by atoms with Crippen LogP contribution in [0.3, 0.4) is 0 Å². The first-order valence-electron chi connectivity index (χ1n) is 13.8. The van der Waals surface area contributed by atoms with E-state index in [2.05, 4.69) is 9.80 Å². The van der Waals surface area contributed by atoms with Gasteiger partial charge in [-0.2, -0.15) is 0 Å². The van der Waals surface area contributed by atoms with Crippen molar-refractivity contribution in [1.82, 2.24) is 9.80 Å². The zero-order chi connectivity index (χ0) is 26.7. The summed E-state index contributed by atoms with van der Waals surface area (Å²) in [5.74, 6) is 0.952. The SMILES string of the molecule is COc1cc2cc(c1OC)OCCCC(OC(=O)CC1COC1)CCN1CCCN(CCCOC2=O)CC1. The van der Waals surface area contributed by atoms with E-state index in [0.29, 0.717) is 68.5 Å². The number of hydrogen-bond acceptors (Lipinski definition) is 10. The Kier molecular flexibility index (Phi) is 10.9. The number of cyclic esters (lactones) is 1. The standard InChI is InChI=1S/C28H42N2O8/c1-33-24-17-22-18-25(27(24)34-2)36-14-3-6-23(38-26(31)16-21-19-35-20-21)7-11-30-9-4-8-29(12-13-30)10-5-15-37-28(22)32/h17-18,21,23H,3-16,19-20H2,1-2H3. The highest BCUT2D eigenvalue weighted by atomic mass is 16.6. The fraction of sp³-hybridized carbons (Fsp3) is 0.714. The van der Waals surface area contributed by atoms with Crippen LogP contribution in [-0.2, 0) is 19.0 Å². The molecule has 212 valence electrons. The topological polar surface area (TPSA) is 96.0 Å². The molecule has 1 aromatic rings. The Morgan fingerprint density at radius 2 is 1.63 bits per heavy atom. The van der Waals surface area contributed by atoms with Gasteiger partial charge in [0.2, 0.25) is 5.75 Å². The Morgan fingerprint density at radius 3 is 2.34 bits per heavy atom. The fourth-order valence-corrected chi connectivity index (χ4v) is 5.12. The molecule has 3 aliphatic heterocycles. The molecule has 3 aliphatic rings. The van der Waals surface area contributed by atoms with Crippen molar-refractivity contribution < 1.29 is 38.0 Å². The zero-order valence-electron chi connectivity index (χ0n) is 22.8. The first kappa shape index (κ1) is 28.4. The van der Waals surface area contributed by atoms with Crippen molar-refractivity contribution in [2.24, 2.45) is 5.92 Å². The highest BCUT2D eigenvalue weighted by Crippen LogP contribution is 2.39. The molecule has 2 fully saturated rings. The summed E-state index contributed by atoms with van der Waals surface area (Å²) >= 11 is 0. The van der Waals surface area contributed by atoms with Crippen LogP contribution < -0.4 is 14.2 Å². The van der Waals surface area contributed by atoms with Gasteiger partial charge in [0.15, 0.2) is 11.5 Å². The second-order valence-corrected chi connectivity index (χ2v) is 10.2. The Bertz CT molecular complexity index is 922. The fourth-order valence-electron chi connectivity index (χ4n) is 5.12. The van der Waals surface area contributed by atoms with Gasteiger partial charge in [-0.05, 0) is 57.3 Å². The molecule has 0 radical (unpaired) electrons. The molecule has 38 heavy (non-hydrogen) atoms. The van der Waals surface area contributed by atoms with Crippen molar-refractivity contribution in [1.29, 1.82) is 0 Å². The monoisotopic (exact) mass is 534 g/mol. The molecule has 4 rings (SSSR count). The minimum atomic E-state index is -0.417. The van der Waals surface area contributed by atoms with E-state index in [1.807, 2.05) is 0 Å². The highest BCUT2D eigenvalue weighted by molar-refractivity contribution is 5.91. The number of hydrogen-bond donors (Lipinski definition) is 0. The predicted molar refractivity (Wildman–Crippen MR) is 140 cm³/mol. The van der Waals surface area contributed by atoms with Crippen LogP contribution in [0.25, 0.3) is 0 Å². The van der Waals surface area contributed by atoms with Gasteiger partial charge in [0.25, 0.3) is 0 Å². The Labute approximate surface area is 225 Å². The summed E-state index contributed by atoms with van der Waals surface area (Å²) in [4.78, 5) is 30.3. The summed E-state index contributed by atoms with van der Waals surface area (Å²) in [5, 5.41) is 0. The van der Waals surface area contributed by atoms with Crippen LogP contribution in [0.15, 0.2) is 12.1 Å². The van der Waals surface area contributed by atoms with E-state index in [-0.39, 0.29) is 18.0 Å². The van der Waals surface area contributed by atoms with Gasteiger partial charge in [-0.25, -0.2) is 4.79 Å². The van der Waals surface area contributed by atoms with Crippen molar-refractivity contribution >= 4 is 11.9 Å². The van der Waals surface area contributed by atoms with Crippen LogP contribution in [-0.4, -0.2) is 108 Å². The van der Waals surface area contributed by atoms with Crippen LogP contribution in [0.2, 0.25) is 0 Å². The van der Waals surface area contributed by atoms with Gasteiger partial charge in [0.05, 0.1) is 52.6 Å². The number of rotatable bonds is 5. The number of benzene rings is 1. The van der Waals surface area contributed by atoms with E-state index >= 15 is 0 Å². The maximum absolute atomic E-state index is 12.8. The molecule has 3 heterocycles. The second-order valence-electron chi connectivity index (χ2n) is 10.2. The van der Waals surface area contributed by atoms with Gasteiger partial charge in [-0.3, -0.25) is 4.79 Å². The quantitative estimate of drug-likeness (QED) is 0.525. The first-order valence-corrected chi connectivity index (χ1v) is 13.8. The molecule has 0 N–H and O–H groups in total. The number of methoxy groups -OCH3 is 2. The van der Waals surface area contributed by atoms with Crippen LogP contribution in [0.5, 0.6) is 17.2 Å². The average molecular weight is 535 g/mol. The van der Waals surface area contributed by atoms with E-state index in [4.69, 9.17) is 28.4 Å². The van der Waals surface area contributed by atoms with Crippen molar-refractivity contribution in [3.05, 3.63) is 17.7 Å². The zero-order valence-corrected chi connectivity index (χ0v) is 22.8. The molecule has 0 saturated carbocycles. The Balaban J connectivity index is 1.46. The average Bonchev–Trinajstić information content (AvgIpc) is 3.13. The molecule has 0 aromatic heterocycles. The van der Waals surface area contributed by atoms with Gasteiger partial charge in [-0.15, -0.1) is 0 Å². The minimum absolute atomic E-state index is 0.151. The Morgan fingerprint density at radius 1 is 0.895 bits per heavy atom. The highest BCUT2D eigenvalue weighted by Gasteiger charge is 2.25. The van der Waals surface area contributed by atoms with Gasteiger partial charge in [0.1, 0.15) is 6.10 Å². The molecule has 0 spiro atoms. The van der Waals surface area contributed by atoms with Gasteiger partial charge in [-0.1, -0.05) is 0 Å². The molecular weight excluding hydrogens is 492 g/mol. The van der Waals surface area contributed by atoms with Gasteiger partial charge >= 0.3 is 11.9 Å². The molecular formula is C28H42N2O8. The lowest BCUT2D eigenvalue weighted by molar-refractivity contribution is -0.155. The minimum Gasteiger partial charge on any atom is -0.493 e. The van der Waals surface area contributed by atoms with E-state index in [1.54, 1.807) is 12.1 Å². The lowest BCUT2D eigenvalue weighted by Crippen LogP contribution is -2.35. The summed E-state index contributed by atoms with van der Waals surface area (Å²) in [5.41, 5.74) is 0.354. The van der Waals surface area contributed by atoms with Crippen molar-refractivity contribution in [3.8, 4) is 17.2 Å². The predicted octanol–water partition coefficient (Wildman–Crippen LogP) is 2.77. The van der Waals surface area contributed by atoms with Crippen LogP contribution >= 0.6 is 0 Å². The number of ether oxygens (including phenoxy) is 6. The summed E-state index contributed by atoms with van der Waals surface area (Å²) in [7, 11) is 3.06. The van der Waals surface area contributed by atoms with Crippen molar-refractivity contribution in [3.63, 3.8) is 0 Å². The third-order valence-corrected chi connectivity index (χ3v) is 7.37. The maximum atomic E-state index is 12.8. The van der Waals surface area contributed by atoms with Crippen LogP contribution in [0.4, 0.5) is 0 Å². The number of nitrogens with zero attached hydrogens (tertiary/aromatic N) is 2. The molecule has 1 aromatic carbocycles. The van der Waals surface area contributed by atoms with Crippen LogP contribution in [0, 0.1) is 5.92 Å². The number of carbonyl (C=O) groups excluding carboxylic acids is 2. The maximum Gasteiger partial charge on any atom is 0.338 e.